The SMILES string of the molecule is CCNCC1(Cc2cccc(O)c2)CCOC1. The molecule has 1 heterocycles. The third-order valence-corrected chi connectivity index (χ3v) is 3.42. The largest absolute Gasteiger partial charge is 0.508 e. The molecule has 1 unspecified atom stereocenters. The fraction of sp³-hybridized carbons (Fsp3) is 0.571. The summed E-state index contributed by atoms with van der Waals surface area (Å²) >= 11 is 0. The summed E-state index contributed by atoms with van der Waals surface area (Å²) in [6.45, 7) is 5.76. The molecule has 3 heteroatoms. The number of hydrogen-bond acceptors (Lipinski definition) is 3. The predicted molar refractivity (Wildman–Crippen MR) is 68.2 cm³/mol. The molecule has 2 rings (SSSR count). The van der Waals surface area contributed by atoms with Crippen molar-refractivity contribution in [2.75, 3.05) is 26.3 Å². The van der Waals surface area contributed by atoms with Gasteiger partial charge < -0.3 is 15.2 Å². The molecule has 1 aliphatic heterocycles. The molecule has 0 spiro atoms. The highest BCUT2D eigenvalue weighted by Crippen LogP contribution is 2.32. The summed E-state index contributed by atoms with van der Waals surface area (Å²) in [4.78, 5) is 0. The maximum absolute atomic E-state index is 9.50. The summed E-state index contributed by atoms with van der Waals surface area (Å²) in [7, 11) is 0. The second kappa shape index (κ2) is 5.52. The average Bonchev–Trinajstić information content (AvgIpc) is 2.75. The minimum absolute atomic E-state index is 0.198. The van der Waals surface area contributed by atoms with Gasteiger partial charge in [0.1, 0.15) is 5.75 Å². The van der Waals surface area contributed by atoms with Gasteiger partial charge in [-0.05, 0) is 37.1 Å². The van der Waals surface area contributed by atoms with E-state index < -0.39 is 0 Å². The van der Waals surface area contributed by atoms with E-state index in [0.717, 1.165) is 39.1 Å². The minimum atomic E-state index is 0.198. The summed E-state index contributed by atoms with van der Waals surface area (Å²) in [6, 6.07) is 7.55. The maximum atomic E-state index is 9.50. The fourth-order valence-electron chi connectivity index (χ4n) is 2.48. The van der Waals surface area contributed by atoms with Gasteiger partial charge in [-0.25, -0.2) is 0 Å². The van der Waals surface area contributed by atoms with Crippen LogP contribution in [0.5, 0.6) is 5.75 Å². The Morgan fingerprint density at radius 2 is 2.35 bits per heavy atom. The molecule has 94 valence electrons. The van der Waals surface area contributed by atoms with Crippen molar-refractivity contribution in [3.8, 4) is 5.75 Å². The first kappa shape index (κ1) is 12.4. The fourth-order valence-corrected chi connectivity index (χ4v) is 2.48. The molecule has 1 saturated heterocycles. The van der Waals surface area contributed by atoms with Crippen LogP contribution in [0, 0.1) is 5.41 Å². The van der Waals surface area contributed by atoms with Crippen molar-refractivity contribution < 1.29 is 9.84 Å². The number of phenols is 1. The lowest BCUT2D eigenvalue weighted by Gasteiger charge is -2.27. The Kier molecular flexibility index (Phi) is 4.02. The van der Waals surface area contributed by atoms with Crippen molar-refractivity contribution >= 4 is 0 Å². The number of phenolic OH excluding ortho intramolecular Hbond substituents is 1. The van der Waals surface area contributed by atoms with Crippen LogP contribution in [0.1, 0.15) is 18.9 Å². The van der Waals surface area contributed by atoms with Crippen molar-refractivity contribution in [3.63, 3.8) is 0 Å². The Balaban J connectivity index is 2.07. The molecule has 2 N–H and O–H groups in total. The lowest BCUT2D eigenvalue weighted by atomic mass is 9.81. The van der Waals surface area contributed by atoms with Gasteiger partial charge in [-0.1, -0.05) is 19.1 Å². The van der Waals surface area contributed by atoms with Gasteiger partial charge in [-0.3, -0.25) is 0 Å². The van der Waals surface area contributed by atoms with E-state index in [-0.39, 0.29) is 5.41 Å². The Hall–Kier alpha value is -1.06. The zero-order chi connectivity index (χ0) is 12.1. The Morgan fingerprint density at radius 1 is 1.47 bits per heavy atom. The third kappa shape index (κ3) is 3.20. The first-order valence-corrected chi connectivity index (χ1v) is 6.30. The van der Waals surface area contributed by atoms with Crippen LogP contribution in [0.25, 0.3) is 0 Å². The zero-order valence-electron chi connectivity index (χ0n) is 10.4. The quantitative estimate of drug-likeness (QED) is 0.819. The molecule has 0 bridgehead atoms. The maximum Gasteiger partial charge on any atom is 0.115 e. The van der Waals surface area contributed by atoms with E-state index >= 15 is 0 Å². The van der Waals surface area contributed by atoms with Crippen molar-refractivity contribution in [1.82, 2.24) is 5.32 Å². The molecule has 1 atom stereocenters. The van der Waals surface area contributed by atoms with Crippen LogP contribution < -0.4 is 5.32 Å². The van der Waals surface area contributed by atoms with Crippen molar-refractivity contribution in [2.45, 2.75) is 19.8 Å². The Bertz CT molecular complexity index is 359. The summed E-state index contributed by atoms with van der Waals surface area (Å²) < 4.78 is 5.56. The number of benzene rings is 1. The third-order valence-electron chi connectivity index (χ3n) is 3.42. The van der Waals surface area contributed by atoms with Gasteiger partial charge in [0.15, 0.2) is 0 Å². The molecule has 1 fully saturated rings. The van der Waals surface area contributed by atoms with Gasteiger partial charge in [-0.15, -0.1) is 0 Å². The molecule has 17 heavy (non-hydrogen) atoms. The molecular weight excluding hydrogens is 214 g/mol. The highest BCUT2D eigenvalue weighted by Gasteiger charge is 2.34. The second-order valence-corrected chi connectivity index (χ2v) is 4.93. The second-order valence-electron chi connectivity index (χ2n) is 4.93. The van der Waals surface area contributed by atoms with Crippen LogP contribution >= 0.6 is 0 Å². The highest BCUT2D eigenvalue weighted by molar-refractivity contribution is 5.28. The first-order valence-electron chi connectivity index (χ1n) is 6.30. The van der Waals surface area contributed by atoms with Crippen LogP contribution in [-0.4, -0.2) is 31.4 Å². The average molecular weight is 235 g/mol. The number of ether oxygens (including phenoxy) is 1. The van der Waals surface area contributed by atoms with E-state index in [2.05, 4.69) is 18.3 Å². The Labute approximate surface area is 103 Å². The molecule has 1 aromatic carbocycles. The number of nitrogens with one attached hydrogen (secondary N) is 1. The van der Waals surface area contributed by atoms with Crippen molar-refractivity contribution in [1.29, 1.82) is 0 Å². The van der Waals surface area contributed by atoms with E-state index in [0.29, 0.717) is 5.75 Å². The molecule has 1 aromatic rings. The van der Waals surface area contributed by atoms with Gasteiger partial charge in [0.05, 0.1) is 6.61 Å². The normalized spacial score (nSPS) is 24.1. The van der Waals surface area contributed by atoms with Gasteiger partial charge in [-0.2, -0.15) is 0 Å². The standard InChI is InChI=1S/C14H21NO2/c1-2-15-10-14(6-7-17-11-14)9-12-4-3-5-13(16)8-12/h3-5,8,15-16H,2,6-7,9-11H2,1H3. The topological polar surface area (TPSA) is 41.5 Å². The molecule has 0 saturated carbocycles. The minimum Gasteiger partial charge on any atom is -0.508 e. The van der Waals surface area contributed by atoms with Crippen molar-refractivity contribution in [2.24, 2.45) is 5.41 Å². The van der Waals surface area contributed by atoms with Gasteiger partial charge >= 0.3 is 0 Å². The Morgan fingerprint density at radius 3 is 3.00 bits per heavy atom. The van der Waals surface area contributed by atoms with E-state index in [1.165, 1.54) is 5.56 Å². The number of rotatable bonds is 5. The predicted octanol–water partition coefficient (Wildman–Crippen LogP) is 1.95. The summed E-state index contributed by atoms with van der Waals surface area (Å²) in [6.07, 6.45) is 2.06. The van der Waals surface area contributed by atoms with E-state index in [1.807, 2.05) is 12.1 Å². The van der Waals surface area contributed by atoms with Crippen LogP contribution in [0.15, 0.2) is 24.3 Å². The van der Waals surface area contributed by atoms with Gasteiger partial charge in [0.2, 0.25) is 0 Å². The van der Waals surface area contributed by atoms with Gasteiger partial charge in [0, 0.05) is 18.6 Å². The van der Waals surface area contributed by atoms with E-state index in [4.69, 9.17) is 4.74 Å². The van der Waals surface area contributed by atoms with Crippen LogP contribution in [0.4, 0.5) is 0 Å². The number of hydrogen-bond donors (Lipinski definition) is 2. The molecule has 0 aliphatic carbocycles. The monoisotopic (exact) mass is 235 g/mol. The van der Waals surface area contributed by atoms with Crippen LogP contribution in [-0.2, 0) is 11.2 Å². The van der Waals surface area contributed by atoms with Crippen LogP contribution in [0.3, 0.4) is 0 Å². The van der Waals surface area contributed by atoms with Crippen molar-refractivity contribution in [3.05, 3.63) is 29.8 Å². The lowest BCUT2D eigenvalue weighted by Crippen LogP contribution is -2.36. The van der Waals surface area contributed by atoms with Crippen LogP contribution in [0.2, 0.25) is 0 Å². The summed E-state index contributed by atoms with van der Waals surface area (Å²) in [5, 5.41) is 12.9. The highest BCUT2D eigenvalue weighted by atomic mass is 16.5. The summed E-state index contributed by atoms with van der Waals surface area (Å²) in [5.74, 6) is 0.347. The smallest absolute Gasteiger partial charge is 0.115 e. The molecular formula is C14H21NO2. The molecule has 0 radical (unpaired) electrons. The first-order chi connectivity index (χ1) is 8.24. The van der Waals surface area contributed by atoms with E-state index in [1.54, 1.807) is 6.07 Å². The zero-order valence-corrected chi connectivity index (χ0v) is 10.4. The molecule has 0 amide bonds. The summed E-state index contributed by atoms with van der Waals surface area (Å²) in [5.41, 5.74) is 1.39. The lowest BCUT2D eigenvalue weighted by molar-refractivity contribution is 0.149. The number of aromatic hydroxyl groups is 1. The molecule has 3 nitrogen and oxygen atoms in total. The van der Waals surface area contributed by atoms with Gasteiger partial charge in [0.25, 0.3) is 0 Å². The molecule has 1 aliphatic rings. The van der Waals surface area contributed by atoms with E-state index in [9.17, 15) is 5.11 Å². The molecule has 0 aromatic heterocycles.